The van der Waals surface area contributed by atoms with Crippen LogP contribution in [0.1, 0.15) is 18.9 Å². The van der Waals surface area contributed by atoms with Gasteiger partial charge in [-0.15, -0.1) is 0 Å². The normalized spacial score (nSPS) is 12.5. The monoisotopic (exact) mass is 180 g/mol. The summed E-state index contributed by atoms with van der Waals surface area (Å²) in [4.78, 5) is 0. The summed E-state index contributed by atoms with van der Waals surface area (Å²) in [6.45, 7) is 4.16. The molecule has 2 heteroatoms. The fraction of sp³-hybridized carbons (Fsp3) is 0.455. The van der Waals surface area contributed by atoms with Crippen molar-refractivity contribution in [2.75, 3.05) is 6.61 Å². The zero-order valence-electron chi connectivity index (χ0n) is 8.16. The first-order valence-electron chi connectivity index (χ1n) is 4.56. The number of hydrogen-bond acceptors (Lipinski definition) is 2. The lowest BCUT2D eigenvalue weighted by Crippen LogP contribution is -2.13. The summed E-state index contributed by atoms with van der Waals surface area (Å²) in [7, 11) is 0. The Kier molecular flexibility index (Phi) is 3.77. The van der Waals surface area contributed by atoms with Crippen molar-refractivity contribution >= 4 is 0 Å². The van der Waals surface area contributed by atoms with E-state index in [-0.39, 0.29) is 12.7 Å². The molecule has 0 heterocycles. The Morgan fingerprint density at radius 1 is 1.46 bits per heavy atom. The lowest BCUT2D eigenvalue weighted by Gasteiger charge is -2.13. The van der Waals surface area contributed by atoms with Gasteiger partial charge in [0.05, 0.1) is 6.10 Å². The van der Waals surface area contributed by atoms with Gasteiger partial charge in [-0.05, 0) is 31.5 Å². The highest BCUT2D eigenvalue weighted by molar-refractivity contribution is 5.27. The van der Waals surface area contributed by atoms with E-state index >= 15 is 0 Å². The molecular formula is C11H16O2. The van der Waals surface area contributed by atoms with Gasteiger partial charge in [-0.1, -0.05) is 12.1 Å². The molecule has 0 bridgehead atoms. The van der Waals surface area contributed by atoms with E-state index < -0.39 is 0 Å². The van der Waals surface area contributed by atoms with Gasteiger partial charge in [0.15, 0.2) is 0 Å². The van der Waals surface area contributed by atoms with Crippen LogP contribution in [0.15, 0.2) is 24.3 Å². The van der Waals surface area contributed by atoms with Crippen molar-refractivity contribution in [3.8, 4) is 5.75 Å². The molecule has 0 aliphatic rings. The van der Waals surface area contributed by atoms with Gasteiger partial charge in [0, 0.05) is 13.0 Å². The largest absolute Gasteiger partial charge is 0.491 e. The van der Waals surface area contributed by atoms with Crippen molar-refractivity contribution < 1.29 is 9.84 Å². The molecule has 13 heavy (non-hydrogen) atoms. The average Bonchev–Trinajstić information content (AvgIpc) is 2.04. The van der Waals surface area contributed by atoms with Crippen LogP contribution >= 0.6 is 0 Å². The molecule has 1 aromatic carbocycles. The number of benzene rings is 1. The number of ether oxygens (including phenoxy) is 1. The molecule has 72 valence electrons. The van der Waals surface area contributed by atoms with Gasteiger partial charge in [0.25, 0.3) is 0 Å². The molecule has 1 N–H and O–H groups in total. The number of aliphatic hydroxyl groups is 1. The van der Waals surface area contributed by atoms with Gasteiger partial charge in [0.1, 0.15) is 5.75 Å². The lowest BCUT2D eigenvalue weighted by molar-refractivity contribution is 0.169. The quantitative estimate of drug-likeness (QED) is 0.769. The molecule has 1 rings (SSSR count). The summed E-state index contributed by atoms with van der Waals surface area (Å²) >= 11 is 0. The standard InChI is InChI=1S/C11H16O2/c1-9-4-3-5-11(8-9)13-10(2)6-7-12/h3-5,8,10,12H,6-7H2,1-2H3. The molecule has 0 amide bonds. The first-order chi connectivity index (χ1) is 6.22. The summed E-state index contributed by atoms with van der Waals surface area (Å²) in [5.41, 5.74) is 1.19. The molecule has 0 saturated carbocycles. The Bertz CT molecular complexity index is 258. The second-order valence-corrected chi connectivity index (χ2v) is 3.26. The van der Waals surface area contributed by atoms with Gasteiger partial charge in [0.2, 0.25) is 0 Å². The third kappa shape index (κ3) is 3.47. The predicted molar refractivity (Wildman–Crippen MR) is 53.0 cm³/mol. The van der Waals surface area contributed by atoms with E-state index in [4.69, 9.17) is 9.84 Å². The molecule has 1 aromatic rings. The smallest absolute Gasteiger partial charge is 0.119 e. The Morgan fingerprint density at radius 3 is 2.85 bits per heavy atom. The number of aliphatic hydroxyl groups excluding tert-OH is 1. The summed E-state index contributed by atoms with van der Waals surface area (Å²) in [5.74, 6) is 0.876. The SMILES string of the molecule is Cc1cccc(OC(C)CCO)c1. The second kappa shape index (κ2) is 4.87. The lowest BCUT2D eigenvalue weighted by atomic mass is 10.2. The van der Waals surface area contributed by atoms with Gasteiger partial charge in [-0.3, -0.25) is 0 Å². The minimum atomic E-state index is 0.0757. The van der Waals surface area contributed by atoms with Crippen molar-refractivity contribution in [3.05, 3.63) is 29.8 Å². The highest BCUT2D eigenvalue weighted by atomic mass is 16.5. The first-order valence-corrected chi connectivity index (χ1v) is 4.56. The molecule has 1 atom stereocenters. The minimum absolute atomic E-state index is 0.0757. The van der Waals surface area contributed by atoms with Crippen LogP contribution in [0.5, 0.6) is 5.75 Å². The molecule has 0 fully saturated rings. The van der Waals surface area contributed by atoms with Crippen LogP contribution < -0.4 is 4.74 Å². The fourth-order valence-corrected chi connectivity index (χ4v) is 1.16. The van der Waals surface area contributed by atoms with Crippen molar-refractivity contribution in [2.45, 2.75) is 26.4 Å². The van der Waals surface area contributed by atoms with E-state index in [0.29, 0.717) is 6.42 Å². The highest BCUT2D eigenvalue weighted by Crippen LogP contribution is 2.14. The molecule has 0 aliphatic carbocycles. The Hall–Kier alpha value is -1.02. The fourth-order valence-electron chi connectivity index (χ4n) is 1.16. The van der Waals surface area contributed by atoms with E-state index in [1.807, 2.05) is 38.1 Å². The predicted octanol–water partition coefficient (Wildman–Crippen LogP) is 2.14. The molecular weight excluding hydrogens is 164 g/mol. The maximum Gasteiger partial charge on any atom is 0.119 e. The zero-order chi connectivity index (χ0) is 9.68. The van der Waals surface area contributed by atoms with E-state index in [1.165, 1.54) is 5.56 Å². The zero-order valence-corrected chi connectivity index (χ0v) is 8.16. The third-order valence-corrected chi connectivity index (χ3v) is 1.86. The molecule has 0 saturated heterocycles. The van der Waals surface area contributed by atoms with Crippen molar-refractivity contribution in [3.63, 3.8) is 0 Å². The summed E-state index contributed by atoms with van der Waals surface area (Å²) in [6, 6.07) is 7.93. The van der Waals surface area contributed by atoms with Crippen LogP contribution in [-0.4, -0.2) is 17.8 Å². The van der Waals surface area contributed by atoms with Crippen molar-refractivity contribution in [1.29, 1.82) is 0 Å². The Balaban J connectivity index is 2.53. The van der Waals surface area contributed by atoms with Crippen LogP contribution in [0.25, 0.3) is 0 Å². The topological polar surface area (TPSA) is 29.5 Å². The molecule has 0 aromatic heterocycles. The summed E-state index contributed by atoms with van der Waals surface area (Å²) < 4.78 is 5.58. The maximum atomic E-state index is 8.69. The van der Waals surface area contributed by atoms with Gasteiger partial charge >= 0.3 is 0 Å². The highest BCUT2D eigenvalue weighted by Gasteiger charge is 2.02. The number of aryl methyl sites for hydroxylation is 1. The molecule has 0 spiro atoms. The van der Waals surface area contributed by atoms with E-state index in [9.17, 15) is 0 Å². The first kappa shape index (κ1) is 10.1. The van der Waals surface area contributed by atoms with E-state index in [1.54, 1.807) is 0 Å². The number of rotatable bonds is 4. The third-order valence-electron chi connectivity index (χ3n) is 1.86. The van der Waals surface area contributed by atoms with Crippen molar-refractivity contribution in [1.82, 2.24) is 0 Å². The van der Waals surface area contributed by atoms with Crippen LogP contribution in [0.3, 0.4) is 0 Å². The van der Waals surface area contributed by atoms with Gasteiger partial charge in [-0.2, -0.15) is 0 Å². The maximum absolute atomic E-state index is 8.69. The van der Waals surface area contributed by atoms with Crippen LogP contribution in [-0.2, 0) is 0 Å². The van der Waals surface area contributed by atoms with E-state index in [2.05, 4.69) is 0 Å². The van der Waals surface area contributed by atoms with Gasteiger partial charge < -0.3 is 9.84 Å². The van der Waals surface area contributed by atoms with Crippen LogP contribution in [0, 0.1) is 6.92 Å². The molecule has 0 aliphatic heterocycles. The van der Waals surface area contributed by atoms with Gasteiger partial charge in [-0.25, -0.2) is 0 Å². The molecule has 1 unspecified atom stereocenters. The second-order valence-electron chi connectivity index (χ2n) is 3.26. The molecule has 0 radical (unpaired) electrons. The van der Waals surface area contributed by atoms with Crippen molar-refractivity contribution in [2.24, 2.45) is 0 Å². The molecule has 2 nitrogen and oxygen atoms in total. The Morgan fingerprint density at radius 2 is 2.23 bits per heavy atom. The van der Waals surface area contributed by atoms with Crippen LogP contribution in [0.2, 0.25) is 0 Å². The summed E-state index contributed by atoms with van der Waals surface area (Å²) in [6.07, 6.45) is 0.750. The Labute approximate surface area is 79.2 Å². The van der Waals surface area contributed by atoms with E-state index in [0.717, 1.165) is 5.75 Å². The number of hydrogen-bond donors (Lipinski definition) is 1. The minimum Gasteiger partial charge on any atom is -0.491 e. The van der Waals surface area contributed by atoms with Crippen LogP contribution in [0.4, 0.5) is 0 Å². The average molecular weight is 180 g/mol. The summed E-state index contributed by atoms with van der Waals surface area (Å²) in [5, 5.41) is 8.69.